The lowest BCUT2D eigenvalue weighted by Crippen LogP contribution is -2.42. The summed E-state index contributed by atoms with van der Waals surface area (Å²) in [6.07, 6.45) is 8.37. The summed E-state index contributed by atoms with van der Waals surface area (Å²) in [5.74, 6) is -1.12. The van der Waals surface area contributed by atoms with Crippen molar-refractivity contribution in [3.8, 4) is 0 Å². The summed E-state index contributed by atoms with van der Waals surface area (Å²) in [6, 6.07) is 14.3. The Labute approximate surface area is 227 Å². The van der Waals surface area contributed by atoms with Crippen molar-refractivity contribution in [2.24, 2.45) is 5.92 Å². The second kappa shape index (κ2) is 11.5. The Morgan fingerprint density at radius 1 is 1.28 bits per heavy atom. The highest BCUT2D eigenvalue weighted by Gasteiger charge is 2.53. The van der Waals surface area contributed by atoms with E-state index in [1.165, 1.54) is 0 Å². The molecule has 3 aromatic rings. The summed E-state index contributed by atoms with van der Waals surface area (Å²) in [5, 5.41) is 35.3. The van der Waals surface area contributed by atoms with Crippen LogP contribution >= 0.6 is 0 Å². The first kappa shape index (κ1) is 26.7. The zero-order valence-electron chi connectivity index (χ0n) is 22.0. The zero-order chi connectivity index (χ0) is 27.4. The molecule has 0 bridgehead atoms. The third-order valence-electron chi connectivity index (χ3n) is 7.40. The molecule has 3 heterocycles. The molecule has 2 aromatic carbocycles. The molecule has 1 saturated heterocycles. The minimum absolute atomic E-state index is 0.0209. The number of carbonyl (C=O) groups is 2. The van der Waals surface area contributed by atoms with Crippen molar-refractivity contribution >= 4 is 28.9 Å². The lowest BCUT2D eigenvalue weighted by atomic mass is 9.82. The van der Waals surface area contributed by atoms with Gasteiger partial charge in [-0.2, -0.15) is 0 Å². The summed E-state index contributed by atoms with van der Waals surface area (Å²) in [5.41, 5.74) is 1.14. The minimum atomic E-state index is -1.82. The second-order valence-corrected chi connectivity index (χ2v) is 10.1. The molecule has 0 radical (unpaired) electrons. The number of benzene rings is 2. The van der Waals surface area contributed by atoms with Gasteiger partial charge in [-0.15, -0.1) is 5.10 Å². The summed E-state index contributed by atoms with van der Waals surface area (Å²) in [4.78, 5) is 28.2. The number of nitrogens with one attached hydrogen (secondary N) is 2. The third kappa shape index (κ3) is 5.36. The molecule has 0 unspecified atom stereocenters. The predicted molar refractivity (Wildman–Crippen MR) is 147 cm³/mol. The highest BCUT2D eigenvalue weighted by molar-refractivity contribution is 6.12. The fraction of sp³-hybridized carbons (Fsp3) is 0.379. The van der Waals surface area contributed by atoms with Gasteiger partial charge < -0.3 is 20.8 Å². The van der Waals surface area contributed by atoms with Crippen LogP contribution in [0, 0.1) is 5.92 Å². The van der Waals surface area contributed by atoms with Crippen LogP contribution in [0.2, 0.25) is 0 Å². The number of allylic oxidation sites excluding steroid dienone is 1. The lowest BCUT2D eigenvalue weighted by molar-refractivity contribution is -0.138. The number of aromatic nitrogens is 3. The number of hydrogen-bond donors (Lipinski definition) is 4. The molecule has 4 N–H and O–H groups in total. The first-order chi connectivity index (χ1) is 18.9. The molecule has 3 atom stereocenters. The molecule has 2 amide bonds. The summed E-state index contributed by atoms with van der Waals surface area (Å²) < 4.78 is 1.70. The molecule has 0 spiro atoms. The number of aryl methyl sites for hydroxylation is 1. The Kier molecular flexibility index (Phi) is 7.87. The molecule has 204 valence electrons. The fourth-order valence-corrected chi connectivity index (χ4v) is 5.24. The van der Waals surface area contributed by atoms with Gasteiger partial charge in [0, 0.05) is 48.6 Å². The number of carbonyl (C=O) groups excluding carboxylic acids is 2. The van der Waals surface area contributed by atoms with Crippen LogP contribution in [0.4, 0.5) is 17.1 Å². The molecule has 39 heavy (non-hydrogen) atoms. The molecule has 1 fully saturated rings. The molecule has 0 aliphatic carbocycles. The van der Waals surface area contributed by atoms with E-state index in [0.717, 1.165) is 25.1 Å². The van der Waals surface area contributed by atoms with E-state index < -0.39 is 17.4 Å². The Balaban J connectivity index is 1.39. The van der Waals surface area contributed by atoms with Crippen LogP contribution in [0.3, 0.4) is 0 Å². The van der Waals surface area contributed by atoms with Gasteiger partial charge in [0.15, 0.2) is 5.60 Å². The average molecular weight is 531 g/mol. The first-order valence-corrected chi connectivity index (χ1v) is 13.4. The van der Waals surface area contributed by atoms with Gasteiger partial charge in [-0.3, -0.25) is 19.2 Å². The maximum atomic E-state index is 13.9. The van der Waals surface area contributed by atoms with Gasteiger partial charge in [-0.05, 0) is 56.1 Å². The number of fused-ring (bicyclic) bond motifs is 1. The number of aliphatic hydroxyl groups is 2. The van der Waals surface area contributed by atoms with Crippen LogP contribution in [0.15, 0.2) is 66.9 Å². The monoisotopic (exact) mass is 530 g/mol. The minimum Gasteiger partial charge on any atom is -0.396 e. The number of nitrogens with zero attached hydrogens (tertiary/aromatic N) is 4. The highest BCUT2D eigenvalue weighted by atomic mass is 16.3. The van der Waals surface area contributed by atoms with Gasteiger partial charge >= 0.3 is 0 Å². The van der Waals surface area contributed by atoms with Crippen molar-refractivity contribution in [3.63, 3.8) is 0 Å². The van der Waals surface area contributed by atoms with E-state index >= 15 is 0 Å². The van der Waals surface area contributed by atoms with Gasteiger partial charge in [0.2, 0.25) is 5.91 Å². The Hall–Kier alpha value is -3.86. The van der Waals surface area contributed by atoms with Gasteiger partial charge in [-0.1, -0.05) is 42.5 Å². The third-order valence-corrected chi connectivity index (χ3v) is 7.40. The number of anilines is 3. The van der Waals surface area contributed by atoms with E-state index in [1.807, 2.05) is 49.4 Å². The molecular formula is C29H34N6O4. The van der Waals surface area contributed by atoms with Crippen molar-refractivity contribution in [3.05, 3.63) is 78.1 Å². The molecule has 2 aliphatic heterocycles. The second-order valence-electron chi connectivity index (χ2n) is 10.1. The van der Waals surface area contributed by atoms with Crippen molar-refractivity contribution < 1.29 is 19.8 Å². The standard InChI is InChI=1S/C29H34N6O4/c1-20(8-5-6-16-34-19-22(14-17-36)32-33-34)29(39)24-18-21(31-27(37)25-11-7-15-30-25)12-13-26(24)35(28(29)38)23-9-3-2-4-10-23/h2-5,8-10,12-13,18-20,25,30,36,39H,6-7,11,14-17H2,1H3,(H,31,37)/b8-5+/t20-,25+,29+/m0/s1. The molecule has 0 saturated carbocycles. The average Bonchev–Trinajstić information content (AvgIpc) is 3.68. The molecule has 10 nitrogen and oxygen atoms in total. The Morgan fingerprint density at radius 2 is 2.10 bits per heavy atom. The summed E-state index contributed by atoms with van der Waals surface area (Å²) in [6.45, 7) is 3.22. The van der Waals surface area contributed by atoms with Crippen LogP contribution in [-0.4, -0.2) is 56.2 Å². The molecule has 10 heteroatoms. The topological polar surface area (TPSA) is 133 Å². The summed E-state index contributed by atoms with van der Waals surface area (Å²) in [7, 11) is 0. The Morgan fingerprint density at radius 3 is 2.85 bits per heavy atom. The van der Waals surface area contributed by atoms with Crippen LogP contribution in [0.1, 0.15) is 37.4 Å². The number of amides is 2. The van der Waals surface area contributed by atoms with Gasteiger partial charge in [0.05, 0.1) is 17.4 Å². The normalized spacial score (nSPS) is 21.5. The van der Waals surface area contributed by atoms with Crippen LogP contribution in [0.25, 0.3) is 0 Å². The van der Waals surface area contributed by atoms with Crippen molar-refractivity contribution in [1.29, 1.82) is 0 Å². The molecular weight excluding hydrogens is 496 g/mol. The van der Waals surface area contributed by atoms with Crippen LogP contribution in [-0.2, 0) is 28.2 Å². The number of aliphatic hydroxyl groups excluding tert-OH is 1. The van der Waals surface area contributed by atoms with Crippen molar-refractivity contribution in [2.75, 3.05) is 23.4 Å². The van der Waals surface area contributed by atoms with Crippen molar-refractivity contribution in [2.45, 2.75) is 50.8 Å². The number of para-hydroxylation sites is 1. The summed E-state index contributed by atoms with van der Waals surface area (Å²) >= 11 is 0. The first-order valence-electron chi connectivity index (χ1n) is 13.4. The lowest BCUT2D eigenvalue weighted by Gasteiger charge is -2.28. The number of rotatable bonds is 10. The fourth-order valence-electron chi connectivity index (χ4n) is 5.24. The molecule has 1 aromatic heterocycles. The quantitative estimate of drug-likeness (QED) is 0.296. The van der Waals surface area contributed by atoms with E-state index in [9.17, 15) is 14.7 Å². The maximum absolute atomic E-state index is 13.9. The number of hydrogen-bond acceptors (Lipinski definition) is 7. The SMILES string of the molecule is C[C@@H](/C=C/CCn1cc(CCO)nn1)[C@]1(O)C(=O)N(c2ccccc2)c2ccc(NC(=O)[C@H]3CCCN3)cc21. The van der Waals surface area contributed by atoms with Crippen LogP contribution < -0.4 is 15.5 Å². The zero-order valence-corrected chi connectivity index (χ0v) is 22.0. The van der Waals surface area contributed by atoms with Gasteiger partial charge in [-0.25, -0.2) is 0 Å². The largest absolute Gasteiger partial charge is 0.396 e. The molecule has 5 rings (SSSR count). The Bertz CT molecular complexity index is 1350. The van der Waals surface area contributed by atoms with E-state index in [2.05, 4.69) is 20.9 Å². The smallest absolute Gasteiger partial charge is 0.268 e. The van der Waals surface area contributed by atoms with E-state index in [4.69, 9.17) is 5.11 Å². The van der Waals surface area contributed by atoms with E-state index in [1.54, 1.807) is 34.0 Å². The van der Waals surface area contributed by atoms with Gasteiger partial charge in [0.25, 0.3) is 5.91 Å². The van der Waals surface area contributed by atoms with E-state index in [0.29, 0.717) is 42.0 Å². The van der Waals surface area contributed by atoms with Crippen molar-refractivity contribution in [1.82, 2.24) is 20.3 Å². The molecule has 2 aliphatic rings. The van der Waals surface area contributed by atoms with Crippen LogP contribution in [0.5, 0.6) is 0 Å². The van der Waals surface area contributed by atoms with Gasteiger partial charge in [0.1, 0.15) is 0 Å². The highest BCUT2D eigenvalue weighted by Crippen LogP contribution is 2.49. The maximum Gasteiger partial charge on any atom is 0.268 e. The predicted octanol–water partition coefficient (Wildman–Crippen LogP) is 2.65. The van der Waals surface area contributed by atoms with E-state index in [-0.39, 0.29) is 18.6 Å².